The molecule has 7 nitrogen and oxygen atoms in total. The van der Waals surface area contributed by atoms with Gasteiger partial charge in [0.1, 0.15) is 23.4 Å². The van der Waals surface area contributed by atoms with Gasteiger partial charge in [0.05, 0.1) is 5.52 Å². The van der Waals surface area contributed by atoms with Crippen molar-refractivity contribution in [2.75, 3.05) is 6.54 Å². The van der Waals surface area contributed by atoms with E-state index in [1.165, 1.54) is 29.8 Å². The average molecular weight is 329 g/mol. The van der Waals surface area contributed by atoms with Gasteiger partial charge >= 0.3 is 5.97 Å². The first kappa shape index (κ1) is 14.9. The number of benzene rings is 1. The number of aromatic hydroxyl groups is 1. The molecule has 8 heteroatoms. The predicted molar refractivity (Wildman–Crippen MR) is 84.5 cm³/mol. The third-order valence-corrected chi connectivity index (χ3v) is 3.87. The molecule has 0 fully saturated rings. The van der Waals surface area contributed by atoms with Gasteiger partial charge in [-0.15, -0.1) is 0 Å². The van der Waals surface area contributed by atoms with Crippen LogP contribution in [0.3, 0.4) is 0 Å². The normalized spacial score (nSPS) is 10.6. The zero-order valence-electron chi connectivity index (χ0n) is 11.7. The summed E-state index contributed by atoms with van der Waals surface area (Å²) in [6.45, 7) is -0.549. The van der Waals surface area contributed by atoms with E-state index in [4.69, 9.17) is 5.11 Å². The van der Waals surface area contributed by atoms with E-state index in [1.807, 2.05) is 16.8 Å². The topological polar surface area (TPSA) is 112 Å². The number of phenolic OH excluding ortho intramolecular Hbond substituents is 1. The van der Waals surface area contributed by atoms with Gasteiger partial charge in [-0.1, -0.05) is 0 Å². The van der Waals surface area contributed by atoms with Crippen LogP contribution in [-0.4, -0.2) is 38.6 Å². The van der Waals surface area contributed by atoms with Gasteiger partial charge < -0.3 is 15.5 Å². The number of rotatable bonds is 4. The Labute approximate surface area is 134 Å². The van der Waals surface area contributed by atoms with E-state index in [2.05, 4.69) is 15.3 Å². The lowest BCUT2D eigenvalue weighted by Crippen LogP contribution is -2.29. The smallest absolute Gasteiger partial charge is 0.322 e. The van der Waals surface area contributed by atoms with Crippen LogP contribution in [-0.2, 0) is 4.79 Å². The van der Waals surface area contributed by atoms with Crippen LogP contribution in [0, 0.1) is 0 Å². The summed E-state index contributed by atoms with van der Waals surface area (Å²) >= 11 is 1.50. The zero-order valence-corrected chi connectivity index (χ0v) is 12.5. The number of carboxylic acid groups (broad SMARTS) is 1. The Hall–Kier alpha value is -3.00. The summed E-state index contributed by atoms with van der Waals surface area (Å²) in [5.74, 6) is -2.17. The van der Waals surface area contributed by atoms with E-state index < -0.39 is 18.4 Å². The van der Waals surface area contributed by atoms with Crippen molar-refractivity contribution in [1.82, 2.24) is 15.3 Å². The number of carbonyl (C=O) groups excluding carboxylic acids is 1. The molecule has 0 spiro atoms. The monoisotopic (exact) mass is 329 g/mol. The van der Waals surface area contributed by atoms with Crippen molar-refractivity contribution in [3.8, 4) is 16.9 Å². The molecule has 0 radical (unpaired) electrons. The minimum Gasteiger partial charge on any atom is -0.507 e. The second-order valence-corrected chi connectivity index (χ2v) is 5.44. The highest BCUT2D eigenvalue weighted by atomic mass is 32.1. The SMILES string of the molecule is O=C(O)CNC(=O)c1c(O)cc(-c2ccsc2)c2nccnc12. The van der Waals surface area contributed by atoms with Gasteiger partial charge in [0.15, 0.2) is 0 Å². The summed E-state index contributed by atoms with van der Waals surface area (Å²) in [7, 11) is 0. The molecule has 0 aliphatic carbocycles. The van der Waals surface area contributed by atoms with Crippen LogP contribution in [0.4, 0.5) is 0 Å². The van der Waals surface area contributed by atoms with Crippen LogP contribution in [0.5, 0.6) is 5.75 Å². The van der Waals surface area contributed by atoms with Crippen molar-refractivity contribution >= 4 is 34.2 Å². The fourth-order valence-electron chi connectivity index (χ4n) is 2.22. The van der Waals surface area contributed by atoms with Crippen molar-refractivity contribution in [1.29, 1.82) is 0 Å². The first-order valence-electron chi connectivity index (χ1n) is 6.57. The van der Waals surface area contributed by atoms with Gasteiger partial charge in [0, 0.05) is 18.0 Å². The van der Waals surface area contributed by atoms with E-state index in [0.717, 1.165) is 5.56 Å². The Morgan fingerprint density at radius 1 is 1.22 bits per heavy atom. The summed E-state index contributed by atoms with van der Waals surface area (Å²) in [4.78, 5) is 31.2. The van der Waals surface area contributed by atoms with E-state index in [9.17, 15) is 14.7 Å². The molecule has 0 unspecified atom stereocenters. The number of carbonyl (C=O) groups is 2. The number of fused-ring (bicyclic) bond motifs is 1. The molecule has 0 atom stereocenters. The lowest BCUT2D eigenvalue weighted by Gasteiger charge is -2.11. The molecule has 0 aliphatic heterocycles. The van der Waals surface area contributed by atoms with Gasteiger partial charge in [-0.25, -0.2) is 0 Å². The number of hydrogen-bond donors (Lipinski definition) is 3. The number of aliphatic carboxylic acids is 1. The first-order valence-corrected chi connectivity index (χ1v) is 7.51. The summed E-state index contributed by atoms with van der Waals surface area (Å²) in [5.41, 5.74) is 2.10. The highest BCUT2D eigenvalue weighted by molar-refractivity contribution is 7.08. The first-order chi connectivity index (χ1) is 11.1. The zero-order chi connectivity index (χ0) is 16.4. The Balaban J connectivity index is 2.17. The van der Waals surface area contributed by atoms with Crippen LogP contribution in [0.15, 0.2) is 35.3 Å². The molecule has 1 aromatic carbocycles. The molecule has 3 rings (SSSR count). The molecule has 2 heterocycles. The van der Waals surface area contributed by atoms with Gasteiger partial charge in [-0.05, 0) is 28.5 Å². The quantitative estimate of drug-likeness (QED) is 0.673. The van der Waals surface area contributed by atoms with E-state index in [1.54, 1.807) is 0 Å². The lowest BCUT2D eigenvalue weighted by atomic mass is 10.0. The van der Waals surface area contributed by atoms with Crippen molar-refractivity contribution in [3.05, 3.63) is 40.8 Å². The van der Waals surface area contributed by atoms with Crippen molar-refractivity contribution in [3.63, 3.8) is 0 Å². The molecule has 23 heavy (non-hydrogen) atoms. The van der Waals surface area contributed by atoms with E-state index >= 15 is 0 Å². The molecule has 3 N–H and O–H groups in total. The number of nitrogens with zero attached hydrogens (tertiary/aromatic N) is 2. The fourth-order valence-corrected chi connectivity index (χ4v) is 2.88. The summed E-state index contributed by atoms with van der Waals surface area (Å²) in [6, 6.07) is 3.31. The molecule has 0 saturated carbocycles. The van der Waals surface area contributed by atoms with E-state index in [0.29, 0.717) is 11.1 Å². The molecule has 3 aromatic rings. The second kappa shape index (κ2) is 6.01. The van der Waals surface area contributed by atoms with Crippen molar-refractivity contribution in [2.24, 2.45) is 0 Å². The third kappa shape index (κ3) is 2.84. The molecule has 1 amide bonds. The highest BCUT2D eigenvalue weighted by Gasteiger charge is 2.21. The number of nitrogens with one attached hydrogen (secondary N) is 1. The van der Waals surface area contributed by atoms with Gasteiger partial charge in [-0.3, -0.25) is 19.6 Å². The maximum Gasteiger partial charge on any atom is 0.322 e. The van der Waals surface area contributed by atoms with Gasteiger partial charge in [0.2, 0.25) is 0 Å². The summed E-state index contributed by atoms with van der Waals surface area (Å²) < 4.78 is 0. The van der Waals surface area contributed by atoms with Crippen LogP contribution in [0.2, 0.25) is 0 Å². The highest BCUT2D eigenvalue weighted by Crippen LogP contribution is 2.35. The number of hydrogen-bond acceptors (Lipinski definition) is 6. The number of phenols is 1. The number of aromatic nitrogens is 2. The maximum absolute atomic E-state index is 12.2. The lowest BCUT2D eigenvalue weighted by molar-refractivity contribution is -0.135. The predicted octanol–water partition coefficient (Wildman–Crippen LogP) is 1.88. The van der Waals surface area contributed by atoms with Crippen LogP contribution in [0.1, 0.15) is 10.4 Å². The average Bonchev–Trinajstić information content (AvgIpc) is 3.06. The molecule has 0 aliphatic rings. The number of amides is 1. The molecular weight excluding hydrogens is 318 g/mol. The summed E-state index contributed by atoms with van der Waals surface area (Å²) in [5, 5.41) is 24.9. The third-order valence-electron chi connectivity index (χ3n) is 3.19. The Morgan fingerprint density at radius 3 is 2.61 bits per heavy atom. The number of carboxylic acids is 1. The Morgan fingerprint density at radius 2 is 1.96 bits per heavy atom. The van der Waals surface area contributed by atoms with Gasteiger partial charge in [0.25, 0.3) is 5.91 Å². The largest absolute Gasteiger partial charge is 0.507 e. The van der Waals surface area contributed by atoms with Crippen LogP contribution >= 0.6 is 11.3 Å². The van der Waals surface area contributed by atoms with Crippen molar-refractivity contribution in [2.45, 2.75) is 0 Å². The van der Waals surface area contributed by atoms with Crippen molar-refractivity contribution < 1.29 is 19.8 Å². The molecule has 116 valence electrons. The molecular formula is C15H11N3O4S. The summed E-state index contributed by atoms with van der Waals surface area (Å²) in [6.07, 6.45) is 2.90. The van der Waals surface area contributed by atoms with Crippen LogP contribution < -0.4 is 5.32 Å². The maximum atomic E-state index is 12.2. The minimum absolute atomic E-state index is 0.0895. The Bertz CT molecular complexity index is 893. The van der Waals surface area contributed by atoms with Crippen LogP contribution in [0.25, 0.3) is 22.2 Å². The molecule has 0 bridgehead atoms. The Kier molecular flexibility index (Phi) is 3.90. The van der Waals surface area contributed by atoms with E-state index in [-0.39, 0.29) is 16.8 Å². The van der Waals surface area contributed by atoms with Gasteiger partial charge in [-0.2, -0.15) is 11.3 Å². The number of thiophene rings is 1. The molecule has 0 saturated heterocycles. The standard InChI is InChI=1S/C15H11N3O4S/c19-10-5-9(8-1-4-23-7-8)13-14(17-3-2-16-13)12(10)15(22)18-6-11(20)21/h1-5,7,19H,6H2,(H,18,22)(H,20,21). The fraction of sp³-hybridized carbons (Fsp3) is 0.0667. The second-order valence-electron chi connectivity index (χ2n) is 4.66. The minimum atomic E-state index is -1.18. The molecule has 2 aromatic heterocycles.